The second-order valence-corrected chi connectivity index (χ2v) is 5.23. The van der Waals surface area contributed by atoms with Crippen molar-refractivity contribution in [3.63, 3.8) is 0 Å². The molecule has 0 saturated carbocycles. The average molecular weight is 260 g/mol. The summed E-state index contributed by atoms with van der Waals surface area (Å²) in [5.74, 6) is 0. The number of benzene rings is 1. The van der Waals surface area contributed by atoms with Gasteiger partial charge < -0.3 is 15.5 Å². The lowest BCUT2D eigenvalue weighted by Crippen LogP contribution is -1.97. The highest BCUT2D eigenvalue weighted by atomic mass is 32.1. The second-order valence-electron chi connectivity index (χ2n) is 3.91. The quantitative estimate of drug-likeness (QED) is 0.708. The largest absolute Gasteiger partial charge is 0.423 e. The van der Waals surface area contributed by atoms with E-state index in [4.69, 9.17) is 10.2 Å². The Bertz CT molecular complexity index is 688. The minimum atomic E-state index is 0.481. The third-order valence-electron chi connectivity index (χ3n) is 2.53. The molecule has 0 fully saturated rings. The molecule has 6 heteroatoms. The number of rotatable bonds is 3. The number of aryl methyl sites for hydroxylation is 1. The summed E-state index contributed by atoms with van der Waals surface area (Å²) < 4.78 is 5.56. The molecule has 2 heterocycles. The second kappa shape index (κ2) is 4.30. The molecule has 92 valence electrons. The van der Waals surface area contributed by atoms with Crippen molar-refractivity contribution in [2.24, 2.45) is 0 Å². The standard InChI is InChI=1S/C12H12N4OS/c1-7-14-5-8(18-7)6-15-12-16-11-9(13)3-2-4-10(11)17-12/h2-5H,6,13H2,1H3,(H,15,16). The lowest BCUT2D eigenvalue weighted by atomic mass is 10.3. The number of thiazole rings is 1. The molecule has 5 nitrogen and oxygen atoms in total. The van der Waals surface area contributed by atoms with E-state index in [1.165, 1.54) is 0 Å². The van der Waals surface area contributed by atoms with Gasteiger partial charge in [0.1, 0.15) is 5.52 Å². The Morgan fingerprint density at radius 2 is 2.33 bits per heavy atom. The van der Waals surface area contributed by atoms with Gasteiger partial charge in [0, 0.05) is 11.1 Å². The van der Waals surface area contributed by atoms with E-state index in [-0.39, 0.29) is 0 Å². The first-order valence-corrected chi connectivity index (χ1v) is 6.34. The van der Waals surface area contributed by atoms with Crippen LogP contribution in [0.5, 0.6) is 0 Å². The smallest absolute Gasteiger partial charge is 0.296 e. The number of hydrogen-bond acceptors (Lipinski definition) is 6. The fourth-order valence-corrected chi connectivity index (χ4v) is 2.43. The molecular weight excluding hydrogens is 248 g/mol. The molecule has 1 aromatic carbocycles. The van der Waals surface area contributed by atoms with Crippen LogP contribution in [0.1, 0.15) is 9.88 Å². The molecule has 3 aromatic rings. The van der Waals surface area contributed by atoms with E-state index >= 15 is 0 Å². The predicted molar refractivity (Wildman–Crippen MR) is 72.6 cm³/mol. The van der Waals surface area contributed by atoms with Crippen LogP contribution >= 0.6 is 11.3 Å². The zero-order valence-electron chi connectivity index (χ0n) is 9.80. The van der Waals surface area contributed by atoms with Crippen LogP contribution in [0.2, 0.25) is 0 Å². The predicted octanol–water partition coefficient (Wildman–Crippen LogP) is 2.79. The van der Waals surface area contributed by atoms with E-state index in [2.05, 4.69) is 15.3 Å². The van der Waals surface area contributed by atoms with E-state index in [0.29, 0.717) is 29.3 Å². The highest BCUT2D eigenvalue weighted by molar-refractivity contribution is 7.11. The van der Waals surface area contributed by atoms with Crippen molar-refractivity contribution in [1.82, 2.24) is 9.97 Å². The summed E-state index contributed by atoms with van der Waals surface area (Å²) >= 11 is 1.65. The summed E-state index contributed by atoms with van der Waals surface area (Å²) in [7, 11) is 0. The fourth-order valence-electron chi connectivity index (χ4n) is 1.70. The SMILES string of the molecule is Cc1ncc(CNc2nc3c(N)cccc3o2)s1. The number of nitrogens with two attached hydrogens (primary N) is 1. The molecular formula is C12H12N4OS. The first kappa shape index (κ1) is 11.0. The molecule has 3 rings (SSSR count). The van der Waals surface area contributed by atoms with Crippen LogP contribution < -0.4 is 11.1 Å². The first-order valence-electron chi connectivity index (χ1n) is 5.52. The number of oxazole rings is 1. The number of aromatic nitrogens is 2. The van der Waals surface area contributed by atoms with Gasteiger partial charge in [-0.2, -0.15) is 4.98 Å². The van der Waals surface area contributed by atoms with E-state index in [0.717, 1.165) is 9.88 Å². The van der Waals surface area contributed by atoms with E-state index in [1.807, 2.05) is 25.3 Å². The van der Waals surface area contributed by atoms with Gasteiger partial charge in [-0.1, -0.05) is 6.07 Å². The lowest BCUT2D eigenvalue weighted by molar-refractivity contribution is 0.615. The zero-order chi connectivity index (χ0) is 12.5. The van der Waals surface area contributed by atoms with Crippen molar-refractivity contribution in [3.8, 4) is 0 Å². The highest BCUT2D eigenvalue weighted by Gasteiger charge is 2.08. The Kier molecular flexibility index (Phi) is 2.64. The van der Waals surface area contributed by atoms with Crippen LogP contribution in [0.25, 0.3) is 11.1 Å². The van der Waals surface area contributed by atoms with Crippen LogP contribution in [0, 0.1) is 6.92 Å². The molecule has 0 radical (unpaired) electrons. The molecule has 0 atom stereocenters. The van der Waals surface area contributed by atoms with Crippen molar-refractivity contribution in [3.05, 3.63) is 34.3 Å². The van der Waals surface area contributed by atoms with Gasteiger partial charge in [0.15, 0.2) is 5.58 Å². The Balaban J connectivity index is 1.81. The number of nitrogens with zero attached hydrogens (tertiary/aromatic N) is 2. The fraction of sp³-hybridized carbons (Fsp3) is 0.167. The summed E-state index contributed by atoms with van der Waals surface area (Å²) in [6.07, 6.45) is 1.85. The Morgan fingerprint density at radius 1 is 1.44 bits per heavy atom. The molecule has 0 unspecified atom stereocenters. The molecule has 0 saturated heterocycles. The van der Waals surface area contributed by atoms with Gasteiger partial charge in [0.25, 0.3) is 6.01 Å². The minimum Gasteiger partial charge on any atom is -0.423 e. The molecule has 0 aliphatic rings. The highest BCUT2D eigenvalue weighted by Crippen LogP contribution is 2.24. The third kappa shape index (κ3) is 2.02. The van der Waals surface area contributed by atoms with Gasteiger partial charge in [-0.25, -0.2) is 4.98 Å². The van der Waals surface area contributed by atoms with E-state index in [9.17, 15) is 0 Å². The van der Waals surface area contributed by atoms with Gasteiger partial charge in [0.2, 0.25) is 0 Å². The van der Waals surface area contributed by atoms with Crippen LogP contribution in [0.15, 0.2) is 28.8 Å². The van der Waals surface area contributed by atoms with Crippen LogP contribution in [0.3, 0.4) is 0 Å². The summed E-state index contributed by atoms with van der Waals surface area (Å²) in [6, 6.07) is 5.98. The molecule has 3 N–H and O–H groups in total. The minimum absolute atomic E-state index is 0.481. The first-order chi connectivity index (χ1) is 8.72. The van der Waals surface area contributed by atoms with Gasteiger partial charge in [-0.05, 0) is 19.1 Å². The van der Waals surface area contributed by atoms with Crippen molar-refractivity contribution in [2.75, 3.05) is 11.1 Å². The summed E-state index contributed by atoms with van der Waals surface area (Å²) in [5, 5.41) is 4.18. The van der Waals surface area contributed by atoms with Gasteiger partial charge in [-0.3, -0.25) is 0 Å². The lowest BCUT2D eigenvalue weighted by Gasteiger charge is -1.96. The van der Waals surface area contributed by atoms with Crippen molar-refractivity contribution in [1.29, 1.82) is 0 Å². The average Bonchev–Trinajstić information content (AvgIpc) is 2.93. The van der Waals surface area contributed by atoms with Crippen LogP contribution in [-0.2, 0) is 6.54 Å². The summed E-state index contributed by atoms with van der Waals surface area (Å²) in [5.41, 5.74) is 7.83. The number of nitrogen functional groups attached to an aromatic ring is 1. The summed E-state index contributed by atoms with van der Waals surface area (Å²) in [6.45, 7) is 2.63. The summed E-state index contributed by atoms with van der Waals surface area (Å²) in [4.78, 5) is 9.65. The van der Waals surface area contributed by atoms with E-state index < -0.39 is 0 Å². The zero-order valence-corrected chi connectivity index (χ0v) is 10.6. The molecule has 0 amide bonds. The maximum Gasteiger partial charge on any atom is 0.296 e. The third-order valence-corrected chi connectivity index (χ3v) is 3.45. The molecule has 0 aliphatic carbocycles. The molecule has 2 aromatic heterocycles. The normalized spacial score (nSPS) is 10.9. The number of hydrogen-bond donors (Lipinski definition) is 2. The van der Waals surface area contributed by atoms with Crippen molar-refractivity contribution >= 4 is 34.1 Å². The van der Waals surface area contributed by atoms with Gasteiger partial charge in [0.05, 0.1) is 17.2 Å². The number of para-hydroxylation sites is 1. The number of anilines is 2. The van der Waals surface area contributed by atoms with Gasteiger partial charge in [-0.15, -0.1) is 11.3 Å². The van der Waals surface area contributed by atoms with Gasteiger partial charge >= 0.3 is 0 Å². The maximum atomic E-state index is 5.82. The maximum absolute atomic E-state index is 5.82. The molecule has 0 bridgehead atoms. The van der Waals surface area contributed by atoms with Crippen molar-refractivity contribution in [2.45, 2.75) is 13.5 Å². The molecule has 0 spiro atoms. The van der Waals surface area contributed by atoms with Crippen LogP contribution in [0.4, 0.5) is 11.7 Å². The topological polar surface area (TPSA) is 77.0 Å². The molecule has 0 aliphatic heterocycles. The Labute approximate surface area is 108 Å². The van der Waals surface area contributed by atoms with Crippen LogP contribution in [-0.4, -0.2) is 9.97 Å². The number of fused-ring (bicyclic) bond motifs is 1. The molecule has 18 heavy (non-hydrogen) atoms. The monoisotopic (exact) mass is 260 g/mol. The Hall–Kier alpha value is -2.08. The van der Waals surface area contributed by atoms with E-state index in [1.54, 1.807) is 17.4 Å². The Morgan fingerprint density at radius 3 is 3.06 bits per heavy atom. The van der Waals surface area contributed by atoms with Crippen molar-refractivity contribution < 1.29 is 4.42 Å². The number of nitrogens with one attached hydrogen (secondary N) is 1.